The summed E-state index contributed by atoms with van der Waals surface area (Å²) in [6, 6.07) is 7.08. The molecule has 31 heavy (non-hydrogen) atoms. The number of benzene rings is 2. The molecule has 0 aromatic heterocycles. The van der Waals surface area contributed by atoms with Crippen LogP contribution in [0.25, 0.3) is 0 Å². The van der Waals surface area contributed by atoms with E-state index in [0.717, 1.165) is 36.4 Å². The minimum Gasteiger partial charge on any atom is -0.482 e. The Labute approximate surface area is 177 Å². The highest BCUT2D eigenvalue weighted by atomic mass is 35.5. The van der Waals surface area contributed by atoms with Crippen LogP contribution in [0.3, 0.4) is 0 Å². The van der Waals surface area contributed by atoms with Gasteiger partial charge < -0.3 is 10.1 Å². The monoisotopic (exact) mass is 490 g/mol. The van der Waals surface area contributed by atoms with Crippen LogP contribution in [0.2, 0.25) is 5.02 Å². The second kappa shape index (κ2) is 9.22. The van der Waals surface area contributed by atoms with E-state index in [1.54, 1.807) is 5.32 Å². The molecule has 2 rings (SSSR count). The Hall–Kier alpha value is -2.67. The molecule has 0 fully saturated rings. The quantitative estimate of drug-likeness (QED) is 0.564. The first-order valence-corrected chi connectivity index (χ1v) is 9.99. The van der Waals surface area contributed by atoms with Crippen molar-refractivity contribution >= 4 is 33.2 Å². The summed E-state index contributed by atoms with van der Waals surface area (Å²) >= 11 is 5.76. The van der Waals surface area contributed by atoms with E-state index in [1.807, 2.05) is 4.72 Å². The van der Waals surface area contributed by atoms with Crippen LogP contribution in [0, 0.1) is 0 Å². The van der Waals surface area contributed by atoms with Crippen LogP contribution in [-0.2, 0) is 10.0 Å². The third-order valence-electron chi connectivity index (χ3n) is 3.45. The van der Waals surface area contributed by atoms with Crippen LogP contribution in [0.4, 0.5) is 32.0 Å². The first-order chi connectivity index (χ1) is 14.2. The number of nitrogens with one attached hydrogen (secondary N) is 2. The molecule has 6 nitrogen and oxygen atoms in total. The number of sulfonamides is 1. The predicted octanol–water partition coefficient (Wildman–Crippen LogP) is 4.37. The van der Waals surface area contributed by atoms with Gasteiger partial charge in [0.25, 0.3) is 15.9 Å². The molecular weight excluding hydrogens is 478 g/mol. The average Bonchev–Trinajstić information content (AvgIpc) is 2.64. The van der Waals surface area contributed by atoms with Crippen molar-refractivity contribution in [2.24, 2.45) is 0 Å². The number of halogens is 7. The maximum Gasteiger partial charge on any atom is 0.422 e. The fourth-order valence-electron chi connectivity index (χ4n) is 2.14. The fraction of sp³-hybridized carbons (Fsp3) is 0.235. The zero-order valence-electron chi connectivity index (χ0n) is 15.1. The minimum absolute atomic E-state index is 0.00809. The Morgan fingerprint density at radius 1 is 0.968 bits per heavy atom. The maximum atomic E-state index is 12.5. The van der Waals surface area contributed by atoms with E-state index in [2.05, 4.69) is 4.74 Å². The van der Waals surface area contributed by atoms with Crippen molar-refractivity contribution in [2.75, 3.05) is 17.9 Å². The lowest BCUT2D eigenvalue weighted by molar-refractivity contribution is -0.153. The zero-order valence-corrected chi connectivity index (χ0v) is 16.7. The van der Waals surface area contributed by atoms with Gasteiger partial charge >= 0.3 is 12.4 Å². The van der Waals surface area contributed by atoms with Gasteiger partial charge in [0, 0.05) is 10.6 Å². The number of hydrogen-bond donors (Lipinski definition) is 2. The molecule has 0 unspecified atom stereocenters. The summed E-state index contributed by atoms with van der Waals surface area (Å²) < 4.78 is 105. The lowest BCUT2D eigenvalue weighted by Crippen LogP contribution is -2.33. The molecule has 0 radical (unpaired) electrons. The van der Waals surface area contributed by atoms with Gasteiger partial charge in [-0.2, -0.15) is 26.3 Å². The van der Waals surface area contributed by atoms with Gasteiger partial charge in [-0.25, -0.2) is 8.42 Å². The van der Waals surface area contributed by atoms with E-state index in [-0.39, 0.29) is 16.3 Å². The van der Waals surface area contributed by atoms with Crippen molar-refractivity contribution < 1.29 is 44.3 Å². The van der Waals surface area contributed by atoms with Crippen molar-refractivity contribution in [3.63, 3.8) is 0 Å². The Morgan fingerprint density at radius 3 is 2.13 bits per heavy atom. The van der Waals surface area contributed by atoms with Crippen LogP contribution in [0.1, 0.15) is 10.4 Å². The van der Waals surface area contributed by atoms with E-state index in [4.69, 9.17) is 11.6 Å². The fourth-order valence-corrected chi connectivity index (χ4v) is 3.37. The Kier molecular flexibility index (Phi) is 7.32. The normalized spacial score (nSPS) is 12.4. The summed E-state index contributed by atoms with van der Waals surface area (Å²) in [5.74, 6) is -1.51. The molecule has 0 aliphatic carbocycles. The molecule has 0 bridgehead atoms. The summed E-state index contributed by atoms with van der Waals surface area (Å²) in [7, 11) is -4.37. The van der Waals surface area contributed by atoms with E-state index in [0.29, 0.717) is 0 Å². The van der Waals surface area contributed by atoms with E-state index < -0.39 is 52.1 Å². The molecule has 0 aliphatic heterocycles. The highest BCUT2D eigenvalue weighted by molar-refractivity contribution is 7.92. The van der Waals surface area contributed by atoms with Gasteiger partial charge in [-0.15, -0.1) is 0 Å². The van der Waals surface area contributed by atoms with Crippen LogP contribution >= 0.6 is 11.6 Å². The standard InChI is InChI=1S/C17H13ClF6N2O4S/c18-11-3-6-14(30-9-17(22,23)24)13(7-11)26-31(28,29)12-4-1-10(2-5-12)15(27)25-8-16(19,20)21/h1-7,26H,8-9H2,(H,25,27). The van der Waals surface area contributed by atoms with Crippen LogP contribution in [-0.4, -0.2) is 39.8 Å². The number of amides is 1. The van der Waals surface area contributed by atoms with Crippen molar-refractivity contribution in [3.8, 4) is 5.75 Å². The molecule has 170 valence electrons. The Morgan fingerprint density at radius 2 is 1.58 bits per heavy atom. The van der Waals surface area contributed by atoms with Crippen molar-refractivity contribution in [1.82, 2.24) is 5.32 Å². The molecule has 0 saturated carbocycles. The molecule has 1 amide bonds. The lowest BCUT2D eigenvalue weighted by atomic mass is 10.2. The molecule has 0 spiro atoms. The number of carbonyl (C=O) groups excluding carboxylic acids is 1. The molecule has 0 saturated heterocycles. The molecular formula is C17H13ClF6N2O4S. The third kappa shape index (κ3) is 7.83. The average molecular weight is 491 g/mol. The van der Waals surface area contributed by atoms with Gasteiger partial charge in [0.05, 0.1) is 10.6 Å². The summed E-state index contributed by atoms with van der Waals surface area (Å²) in [5.41, 5.74) is -0.607. The summed E-state index contributed by atoms with van der Waals surface area (Å²) in [4.78, 5) is 11.3. The maximum absolute atomic E-state index is 12.5. The van der Waals surface area contributed by atoms with Crippen molar-refractivity contribution in [2.45, 2.75) is 17.2 Å². The van der Waals surface area contributed by atoms with Crippen LogP contribution in [0.15, 0.2) is 47.4 Å². The zero-order chi connectivity index (χ0) is 23.4. The minimum atomic E-state index is -4.67. The molecule has 0 atom stereocenters. The highest BCUT2D eigenvalue weighted by Crippen LogP contribution is 2.31. The predicted molar refractivity (Wildman–Crippen MR) is 98.6 cm³/mol. The van der Waals surface area contributed by atoms with Crippen molar-refractivity contribution in [3.05, 3.63) is 53.1 Å². The summed E-state index contributed by atoms with van der Waals surface area (Å²) in [5, 5.41) is 1.63. The second-order valence-electron chi connectivity index (χ2n) is 5.97. The smallest absolute Gasteiger partial charge is 0.422 e. The van der Waals surface area contributed by atoms with E-state index in [1.165, 1.54) is 6.07 Å². The van der Waals surface area contributed by atoms with Crippen LogP contribution in [0.5, 0.6) is 5.75 Å². The van der Waals surface area contributed by atoms with Gasteiger partial charge in [-0.1, -0.05) is 11.6 Å². The van der Waals surface area contributed by atoms with E-state index >= 15 is 0 Å². The van der Waals surface area contributed by atoms with Crippen LogP contribution < -0.4 is 14.8 Å². The molecule has 2 aromatic rings. The SMILES string of the molecule is O=C(NCC(F)(F)F)c1ccc(S(=O)(=O)Nc2cc(Cl)ccc2OCC(F)(F)F)cc1. The molecule has 14 heteroatoms. The van der Waals surface area contributed by atoms with Gasteiger partial charge in [0.15, 0.2) is 6.61 Å². The number of anilines is 1. The Balaban J connectivity index is 2.19. The number of alkyl halides is 6. The van der Waals surface area contributed by atoms with Gasteiger partial charge in [-0.3, -0.25) is 9.52 Å². The number of ether oxygens (including phenoxy) is 1. The topological polar surface area (TPSA) is 84.5 Å². The molecule has 0 heterocycles. The largest absolute Gasteiger partial charge is 0.482 e. The number of carbonyl (C=O) groups is 1. The number of hydrogen-bond acceptors (Lipinski definition) is 4. The summed E-state index contributed by atoms with van der Waals surface area (Å²) in [6.45, 7) is -3.24. The highest BCUT2D eigenvalue weighted by Gasteiger charge is 2.30. The van der Waals surface area contributed by atoms with Gasteiger partial charge in [0.2, 0.25) is 0 Å². The molecule has 2 aromatic carbocycles. The first-order valence-electron chi connectivity index (χ1n) is 8.13. The first kappa shape index (κ1) is 24.6. The lowest BCUT2D eigenvalue weighted by Gasteiger charge is -2.15. The van der Waals surface area contributed by atoms with Gasteiger partial charge in [-0.05, 0) is 42.5 Å². The van der Waals surface area contributed by atoms with Gasteiger partial charge in [0.1, 0.15) is 12.3 Å². The molecule has 0 aliphatic rings. The summed E-state index contributed by atoms with van der Waals surface area (Å²) in [6.07, 6.45) is -9.29. The van der Waals surface area contributed by atoms with Crippen molar-refractivity contribution in [1.29, 1.82) is 0 Å². The third-order valence-corrected chi connectivity index (χ3v) is 5.07. The van der Waals surface area contributed by atoms with E-state index in [9.17, 15) is 39.6 Å². The second-order valence-corrected chi connectivity index (χ2v) is 8.09. The molecule has 2 N–H and O–H groups in total. The number of rotatable bonds is 7. The Bertz CT molecular complexity index is 1040.